The van der Waals surface area contributed by atoms with E-state index in [4.69, 9.17) is 21.7 Å². The van der Waals surface area contributed by atoms with Gasteiger partial charge in [-0.05, 0) is 24.3 Å². The molecule has 0 spiro atoms. The molecule has 0 bridgehead atoms. The number of aromatic nitrogens is 2. The average Bonchev–Trinajstić information content (AvgIpc) is 2.80. The fourth-order valence-corrected chi connectivity index (χ4v) is 1.51. The summed E-state index contributed by atoms with van der Waals surface area (Å²) in [5.41, 5.74) is 6.96. The van der Waals surface area contributed by atoms with Gasteiger partial charge in [-0.25, -0.2) is 4.98 Å². The third kappa shape index (κ3) is 1.79. The highest BCUT2D eigenvalue weighted by atomic mass is 15.1. The van der Waals surface area contributed by atoms with Crippen molar-refractivity contribution in [3.63, 3.8) is 0 Å². The van der Waals surface area contributed by atoms with Crippen molar-refractivity contribution >= 4 is 11.5 Å². The summed E-state index contributed by atoms with van der Waals surface area (Å²) in [6, 6.07) is 10.5. The molecule has 2 rings (SSSR count). The Kier molecular flexibility index (Phi) is 2.78. The van der Waals surface area contributed by atoms with E-state index in [2.05, 4.69) is 4.98 Å². The third-order valence-electron chi connectivity index (χ3n) is 2.43. The first-order valence-corrected chi connectivity index (χ1v) is 4.99. The lowest BCUT2D eigenvalue weighted by molar-refractivity contribution is 1.07. The summed E-state index contributed by atoms with van der Waals surface area (Å²) in [4.78, 5) is 3.93. The van der Waals surface area contributed by atoms with E-state index in [1.165, 1.54) is 6.33 Å². The molecule has 86 valence electrons. The molecule has 6 nitrogen and oxygen atoms in total. The van der Waals surface area contributed by atoms with E-state index >= 15 is 0 Å². The maximum absolute atomic E-state index is 8.70. The average molecular weight is 236 g/mol. The summed E-state index contributed by atoms with van der Waals surface area (Å²) in [6.45, 7) is 0. The van der Waals surface area contributed by atoms with Gasteiger partial charge in [-0.15, -0.1) is 0 Å². The van der Waals surface area contributed by atoms with Crippen LogP contribution in [0.3, 0.4) is 0 Å². The zero-order valence-electron chi connectivity index (χ0n) is 9.25. The van der Waals surface area contributed by atoms with Crippen LogP contribution in [0.25, 0.3) is 5.69 Å². The third-order valence-corrected chi connectivity index (χ3v) is 2.43. The number of nitrogen functional groups attached to an aromatic ring is 1. The number of imidazole rings is 1. The molecule has 0 aliphatic carbocycles. The Balaban J connectivity index is 2.46. The lowest BCUT2D eigenvalue weighted by atomic mass is 10.2. The molecule has 2 aromatic rings. The molecule has 1 aromatic heterocycles. The van der Waals surface area contributed by atoms with Crippen molar-refractivity contribution in [1.29, 1.82) is 15.9 Å². The quantitative estimate of drug-likeness (QED) is 0.762. The SMILES string of the molecule is N#CC(=N)c1ncn(-c2ccc(C#N)cc2)c1N. The maximum atomic E-state index is 8.70. The highest BCUT2D eigenvalue weighted by Gasteiger charge is 2.12. The normalized spacial score (nSPS) is 9.44. The van der Waals surface area contributed by atoms with Crippen LogP contribution in [-0.2, 0) is 0 Å². The molecule has 1 aromatic carbocycles. The summed E-state index contributed by atoms with van der Waals surface area (Å²) in [7, 11) is 0. The first-order valence-electron chi connectivity index (χ1n) is 4.99. The summed E-state index contributed by atoms with van der Waals surface area (Å²) < 4.78 is 1.56. The van der Waals surface area contributed by atoms with Gasteiger partial charge >= 0.3 is 0 Å². The second-order valence-electron chi connectivity index (χ2n) is 3.49. The predicted octanol–water partition coefficient (Wildman–Crippen LogP) is 1.22. The van der Waals surface area contributed by atoms with Crippen LogP contribution in [0.1, 0.15) is 11.3 Å². The maximum Gasteiger partial charge on any atom is 0.161 e. The molecule has 0 unspecified atom stereocenters. The second-order valence-corrected chi connectivity index (χ2v) is 3.49. The van der Waals surface area contributed by atoms with Gasteiger partial charge < -0.3 is 5.73 Å². The molecule has 3 N–H and O–H groups in total. The van der Waals surface area contributed by atoms with E-state index in [-0.39, 0.29) is 17.2 Å². The number of nitriles is 2. The summed E-state index contributed by atoms with van der Waals surface area (Å²) in [6.07, 6.45) is 1.44. The highest BCUT2D eigenvalue weighted by Crippen LogP contribution is 2.17. The van der Waals surface area contributed by atoms with Crippen LogP contribution in [-0.4, -0.2) is 15.3 Å². The van der Waals surface area contributed by atoms with E-state index < -0.39 is 0 Å². The summed E-state index contributed by atoms with van der Waals surface area (Å²) in [5.74, 6) is 0.228. The van der Waals surface area contributed by atoms with Gasteiger partial charge in [0.1, 0.15) is 23.9 Å². The van der Waals surface area contributed by atoms with Crippen molar-refractivity contribution in [3.05, 3.63) is 41.9 Å². The number of rotatable bonds is 2. The second kappa shape index (κ2) is 4.40. The minimum atomic E-state index is -0.278. The van der Waals surface area contributed by atoms with Crippen LogP contribution < -0.4 is 5.73 Å². The van der Waals surface area contributed by atoms with Gasteiger partial charge in [0.2, 0.25) is 0 Å². The van der Waals surface area contributed by atoms with Gasteiger partial charge in [0.25, 0.3) is 0 Å². The molecule has 0 amide bonds. The number of hydrogen-bond donors (Lipinski definition) is 2. The molecule has 18 heavy (non-hydrogen) atoms. The lowest BCUT2D eigenvalue weighted by Gasteiger charge is -2.04. The number of hydrogen-bond acceptors (Lipinski definition) is 5. The molecular formula is C12H8N6. The predicted molar refractivity (Wildman–Crippen MR) is 65.1 cm³/mol. The van der Waals surface area contributed by atoms with Crippen molar-refractivity contribution in [2.75, 3.05) is 5.73 Å². The number of nitrogens with zero attached hydrogens (tertiary/aromatic N) is 4. The Morgan fingerprint density at radius 3 is 2.50 bits per heavy atom. The number of nitrogens with one attached hydrogen (secondary N) is 1. The van der Waals surface area contributed by atoms with Crippen molar-refractivity contribution in [2.45, 2.75) is 0 Å². The minimum absolute atomic E-state index is 0.154. The number of anilines is 1. The number of nitrogens with two attached hydrogens (primary N) is 1. The van der Waals surface area contributed by atoms with E-state index in [1.54, 1.807) is 34.9 Å². The Bertz CT molecular complexity index is 681. The molecule has 0 saturated carbocycles. The van der Waals surface area contributed by atoms with Gasteiger partial charge in [-0.1, -0.05) is 0 Å². The standard InChI is InChI=1S/C12H8N6/c13-5-8-1-3-9(4-2-8)18-7-17-11(12(18)16)10(15)6-14/h1-4,7,15H,16H2. The molecule has 0 atom stereocenters. The van der Waals surface area contributed by atoms with Gasteiger partial charge in [0.05, 0.1) is 11.6 Å². The monoisotopic (exact) mass is 236 g/mol. The van der Waals surface area contributed by atoms with Gasteiger partial charge in [0, 0.05) is 5.69 Å². The number of benzene rings is 1. The lowest BCUT2D eigenvalue weighted by Crippen LogP contribution is -2.04. The van der Waals surface area contributed by atoms with Crippen LogP contribution in [0.15, 0.2) is 30.6 Å². The molecule has 6 heteroatoms. The van der Waals surface area contributed by atoms with Crippen molar-refractivity contribution in [1.82, 2.24) is 9.55 Å². The fraction of sp³-hybridized carbons (Fsp3) is 0. The Hall–Kier alpha value is -3.12. The molecule has 1 heterocycles. The van der Waals surface area contributed by atoms with E-state index in [9.17, 15) is 0 Å². The Labute approximate surface area is 103 Å². The van der Waals surface area contributed by atoms with Crippen LogP contribution in [0.2, 0.25) is 0 Å². The first-order chi connectivity index (χ1) is 8.67. The van der Waals surface area contributed by atoms with Gasteiger partial charge in [-0.3, -0.25) is 9.98 Å². The zero-order chi connectivity index (χ0) is 13.1. The van der Waals surface area contributed by atoms with Gasteiger partial charge in [-0.2, -0.15) is 10.5 Å². The smallest absolute Gasteiger partial charge is 0.161 e. The van der Waals surface area contributed by atoms with E-state index in [0.29, 0.717) is 5.56 Å². The Morgan fingerprint density at radius 1 is 1.28 bits per heavy atom. The summed E-state index contributed by atoms with van der Waals surface area (Å²) in [5, 5.41) is 24.7. The van der Waals surface area contributed by atoms with Crippen LogP contribution in [0.4, 0.5) is 5.82 Å². The minimum Gasteiger partial charge on any atom is -0.383 e. The fourth-order valence-electron chi connectivity index (χ4n) is 1.51. The van der Waals surface area contributed by atoms with E-state index in [0.717, 1.165) is 5.69 Å². The van der Waals surface area contributed by atoms with Gasteiger partial charge in [0.15, 0.2) is 5.71 Å². The van der Waals surface area contributed by atoms with Crippen molar-refractivity contribution in [3.8, 4) is 17.8 Å². The van der Waals surface area contributed by atoms with Crippen molar-refractivity contribution in [2.24, 2.45) is 0 Å². The highest BCUT2D eigenvalue weighted by molar-refractivity contribution is 6.10. The topological polar surface area (TPSA) is 115 Å². The molecule has 0 aliphatic heterocycles. The van der Waals surface area contributed by atoms with Crippen LogP contribution >= 0.6 is 0 Å². The summed E-state index contributed by atoms with van der Waals surface area (Å²) >= 11 is 0. The molecule has 0 fully saturated rings. The Morgan fingerprint density at radius 2 is 1.94 bits per heavy atom. The molecule has 0 radical (unpaired) electrons. The van der Waals surface area contributed by atoms with Crippen LogP contribution in [0, 0.1) is 28.1 Å². The van der Waals surface area contributed by atoms with E-state index in [1.807, 2.05) is 6.07 Å². The molecule has 0 aliphatic rings. The first kappa shape index (κ1) is 11.4. The van der Waals surface area contributed by atoms with Crippen LogP contribution in [0.5, 0.6) is 0 Å². The van der Waals surface area contributed by atoms with Crippen molar-refractivity contribution < 1.29 is 0 Å². The molecule has 0 saturated heterocycles. The zero-order valence-corrected chi connectivity index (χ0v) is 9.25. The molecular weight excluding hydrogens is 228 g/mol. The largest absolute Gasteiger partial charge is 0.383 e.